The van der Waals surface area contributed by atoms with Crippen LogP contribution in [0.15, 0.2) is 52.6 Å². The minimum atomic E-state index is -0.329. The third kappa shape index (κ3) is 2.98. The van der Waals surface area contributed by atoms with Gasteiger partial charge in [-0.25, -0.2) is 4.98 Å². The molecule has 1 aliphatic rings. The highest BCUT2D eigenvalue weighted by Gasteiger charge is 2.31. The Morgan fingerprint density at radius 1 is 1.16 bits per heavy atom. The van der Waals surface area contributed by atoms with Crippen LogP contribution in [-0.4, -0.2) is 23.6 Å². The standard InChI is InChI=1S/C24H25N5O3/c1-24(2)10-14-9-19-23(32)29(7-6-28(19)20(14)11-24)21-17(13-30)16(4-5-26-21)15-8-18(25)22(31)27(3)12-15/h4-9,12,30H,10-11,13,25H2,1-3H3. The molecule has 0 aromatic carbocycles. The lowest BCUT2D eigenvalue weighted by molar-refractivity contribution is 0.281. The molecule has 4 aromatic rings. The second kappa shape index (κ2) is 6.93. The Morgan fingerprint density at radius 3 is 2.66 bits per heavy atom. The van der Waals surface area contributed by atoms with Gasteiger partial charge in [0.2, 0.25) is 0 Å². The van der Waals surface area contributed by atoms with Crippen LogP contribution in [0.3, 0.4) is 0 Å². The monoisotopic (exact) mass is 431 g/mol. The molecule has 0 saturated heterocycles. The van der Waals surface area contributed by atoms with Gasteiger partial charge in [0.15, 0.2) is 0 Å². The Balaban J connectivity index is 1.70. The molecule has 0 unspecified atom stereocenters. The molecule has 0 amide bonds. The first kappa shape index (κ1) is 20.3. The predicted molar refractivity (Wildman–Crippen MR) is 123 cm³/mol. The van der Waals surface area contributed by atoms with Gasteiger partial charge in [-0.1, -0.05) is 13.8 Å². The topological polar surface area (TPSA) is 108 Å². The van der Waals surface area contributed by atoms with E-state index in [1.54, 1.807) is 37.8 Å². The zero-order valence-electron chi connectivity index (χ0n) is 18.3. The number of nitrogen functional groups attached to an aromatic ring is 1. The van der Waals surface area contributed by atoms with Gasteiger partial charge in [0.1, 0.15) is 11.3 Å². The predicted octanol–water partition coefficient (Wildman–Crippen LogP) is 2.05. The second-order valence-corrected chi connectivity index (χ2v) is 9.28. The summed E-state index contributed by atoms with van der Waals surface area (Å²) in [6.07, 6.45) is 8.68. The number of aromatic nitrogens is 4. The highest BCUT2D eigenvalue weighted by atomic mass is 16.3. The van der Waals surface area contributed by atoms with Crippen LogP contribution in [0.25, 0.3) is 22.5 Å². The largest absolute Gasteiger partial charge is 0.394 e. The molecule has 5 rings (SSSR count). The summed E-state index contributed by atoms with van der Waals surface area (Å²) in [5.74, 6) is 0.353. The molecule has 32 heavy (non-hydrogen) atoms. The van der Waals surface area contributed by atoms with Crippen LogP contribution in [0, 0.1) is 5.41 Å². The molecule has 0 saturated carbocycles. The SMILES string of the molecule is Cn1cc(-c2ccnc(-n3ccn4c5c(cc4c3=O)CC(C)(C)C5)c2CO)cc(N)c1=O. The van der Waals surface area contributed by atoms with Crippen LogP contribution in [0.4, 0.5) is 5.69 Å². The van der Waals surface area contributed by atoms with Crippen molar-refractivity contribution in [2.24, 2.45) is 12.5 Å². The molecule has 164 valence electrons. The van der Waals surface area contributed by atoms with Gasteiger partial charge >= 0.3 is 0 Å². The van der Waals surface area contributed by atoms with Crippen LogP contribution in [0.2, 0.25) is 0 Å². The Morgan fingerprint density at radius 2 is 1.94 bits per heavy atom. The molecule has 0 aliphatic heterocycles. The van der Waals surface area contributed by atoms with E-state index in [2.05, 4.69) is 18.8 Å². The van der Waals surface area contributed by atoms with E-state index in [1.165, 1.54) is 20.4 Å². The maximum absolute atomic E-state index is 13.4. The van der Waals surface area contributed by atoms with E-state index in [0.717, 1.165) is 12.8 Å². The van der Waals surface area contributed by atoms with E-state index in [9.17, 15) is 14.7 Å². The lowest BCUT2D eigenvalue weighted by atomic mass is 9.90. The van der Waals surface area contributed by atoms with Gasteiger partial charge in [0, 0.05) is 48.7 Å². The van der Waals surface area contributed by atoms with Gasteiger partial charge in [-0.3, -0.25) is 14.2 Å². The maximum atomic E-state index is 13.4. The van der Waals surface area contributed by atoms with Crippen molar-refractivity contribution in [2.45, 2.75) is 33.3 Å². The summed E-state index contributed by atoms with van der Waals surface area (Å²) in [5.41, 5.74) is 10.5. The maximum Gasteiger partial charge on any atom is 0.280 e. The van der Waals surface area contributed by atoms with Gasteiger partial charge in [0.25, 0.3) is 11.1 Å². The number of hydrogen-bond donors (Lipinski definition) is 2. The van der Waals surface area contributed by atoms with Crippen molar-refractivity contribution in [1.82, 2.24) is 18.5 Å². The average molecular weight is 431 g/mol. The molecule has 8 nitrogen and oxygen atoms in total. The summed E-state index contributed by atoms with van der Waals surface area (Å²) in [6, 6.07) is 5.29. The first-order valence-electron chi connectivity index (χ1n) is 10.5. The molecule has 0 radical (unpaired) electrons. The lowest BCUT2D eigenvalue weighted by Gasteiger charge is -2.17. The molecule has 0 spiro atoms. The summed E-state index contributed by atoms with van der Waals surface area (Å²) in [6.45, 7) is 4.13. The molecule has 0 fully saturated rings. The Labute approximate surface area is 184 Å². The van der Waals surface area contributed by atoms with Crippen LogP contribution in [0.1, 0.15) is 30.7 Å². The van der Waals surface area contributed by atoms with E-state index < -0.39 is 0 Å². The highest BCUT2D eigenvalue weighted by Crippen LogP contribution is 2.37. The molecule has 8 heteroatoms. The van der Waals surface area contributed by atoms with Gasteiger partial charge < -0.3 is 19.8 Å². The van der Waals surface area contributed by atoms with Crippen LogP contribution in [0.5, 0.6) is 0 Å². The molecular formula is C24H25N5O3. The fourth-order valence-corrected chi connectivity index (χ4v) is 4.83. The number of nitrogens with two attached hydrogens (primary N) is 1. The summed E-state index contributed by atoms with van der Waals surface area (Å²) < 4.78 is 4.84. The van der Waals surface area contributed by atoms with Crippen LogP contribution >= 0.6 is 0 Å². The second-order valence-electron chi connectivity index (χ2n) is 9.28. The van der Waals surface area contributed by atoms with E-state index >= 15 is 0 Å². The van der Waals surface area contributed by atoms with Crippen molar-refractivity contribution in [3.8, 4) is 16.9 Å². The first-order chi connectivity index (χ1) is 15.2. The van der Waals surface area contributed by atoms with Crippen LogP contribution in [-0.2, 0) is 26.5 Å². The van der Waals surface area contributed by atoms with Gasteiger partial charge in [-0.2, -0.15) is 0 Å². The molecule has 3 N–H and O–H groups in total. The third-order valence-corrected chi connectivity index (χ3v) is 6.29. The highest BCUT2D eigenvalue weighted by molar-refractivity contribution is 5.71. The summed E-state index contributed by atoms with van der Waals surface area (Å²) in [5, 5.41) is 10.2. The van der Waals surface area contributed by atoms with E-state index in [-0.39, 0.29) is 28.8 Å². The lowest BCUT2D eigenvalue weighted by Crippen LogP contribution is -2.23. The Kier molecular flexibility index (Phi) is 4.39. The van der Waals surface area contributed by atoms with Crippen molar-refractivity contribution < 1.29 is 5.11 Å². The quantitative estimate of drug-likeness (QED) is 0.516. The van der Waals surface area contributed by atoms with Crippen molar-refractivity contribution in [3.63, 3.8) is 0 Å². The van der Waals surface area contributed by atoms with Crippen LogP contribution < -0.4 is 16.9 Å². The third-order valence-electron chi connectivity index (χ3n) is 6.29. The molecule has 1 aliphatic carbocycles. The number of pyridine rings is 2. The molecule has 4 heterocycles. The van der Waals surface area contributed by atoms with Gasteiger partial charge in [0.05, 0.1) is 12.3 Å². The van der Waals surface area contributed by atoms with E-state index in [0.29, 0.717) is 28.0 Å². The van der Waals surface area contributed by atoms with Crippen molar-refractivity contribution in [2.75, 3.05) is 5.73 Å². The number of aryl methyl sites for hydroxylation is 1. The normalized spacial score (nSPS) is 14.8. The van der Waals surface area contributed by atoms with Gasteiger partial charge in [-0.15, -0.1) is 0 Å². The molecule has 4 aromatic heterocycles. The zero-order chi connectivity index (χ0) is 22.8. The molecule has 0 atom stereocenters. The minimum Gasteiger partial charge on any atom is -0.394 e. The Hall–Kier alpha value is -3.65. The molecule has 0 bridgehead atoms. The molecular weight excluding hydrogens is 406 g/mol. The Bertz CT molecular complexity index is 1480. The number of nitrogens with zero attached hydrogens (tertiary/aromatic N) is 4. The fraction of sp³-hybridized carbons (Fsp3) is 0.292. The average Bonchev–Trinajstić information content (AvgIpc) is 3.23. The van der Waals surface area contributed by atoms with E-state index in [1.807, 2.05) is 16.7 Å². The van der Waals surface area contributed by atoms with Crippen molar-refractivity contribution in [3.05, 3.63) is 80.5 Å². The summed E-state index contributed by atoms with van der Waals surface area (Å²) in [7, 11) is 1.62. The summed E-state index contributed by atoms with van der Waals surface area (Å²) in [4.78, 5) is 29.8. The van der Waals surface area contributed by atoms with Crippen molar-refractivity contribution >= 4 is 11.2 Å². The smallest absolute Gasteiger partial charge is 0.280 e. The zero-order valence-corrected chi connectivity index (χ0v) is 18.3. The fourth-order valence-electron chi connectivity index (χ4n) is 4.83. The van der Waals surface area contributed by atoms with Crippen molar-refractivity contribution in [1.29, 1.82) is 0 Å². The van der Waals surface area contributed by atoms with Gasteiger partial charge in [-0.05, 0) is 47.6 Å². The number of anilines is 1. The number of hydrogen-bond acceptors (Lipinski definition) is 5. The minimum absolute atomic E-state index is 0.108. The first-order valence-corrected chi connectivity index (χ1v) is 10.5. The number of aliphatic hydroxyl groups excluding tert-OH is 1. The van der Waals surface area contributed by atoms with E-state index in [4.69, 9.17) is 5.73 Å². The summed E-state index contributed by atoms with van der Waals surface area (Å²) >= 11 is 0. The number of fused-ring (bicyclic) bond motifs is 3. The number of aliphatic hydroxyl groups is 1. The number of rotatable bonds is 3.